The molecule has 0 radical (unpaired) electrons. The maximum Gasteiger partial charge on any atom is 0.276 e. The van der Waals surface area contributed by atoms with Crippen molar-refractivity contribution in [1.82, 2.24) is 15.1 Å². The van der Waals surface area contributed by atoms with E-state index in [2.05, 4.69) is 10.2 Å². The van der Waals surface area contributed by atoms with Crippen molar-refractivity contribution in [2.24, 2.45) is 0 Å². The lowest BCUT2D eigenvalue weighted by atomic mass is 10.2. The molecule has 0 saturated heterocycles. The fourth-order valence-corrected chi connectivity index (χ4v) is 3.41. The number of thioether (sulfide) groups is 1. The molecule has 1 aromatic carbocycles. The van der Waals surface area contributed by atoms with Crippen molar-refractivity contribution in [2.75, 3.05) is 40.2 Å². The third-order valence-electron chi connectivity index (χ3n) is 4.19. The van der Waals surface area contributed by atoms with Crippen LogP contribution in [0.1, 0.15) is 26.7 Å². The van der Waals surface area contributed by atoms with Crippen molar-refractivity contribution in [1.29, 1.82) is 0 Å². The van der Waals surface area contributed by atoms with E-state index in [1.165, 1.54) is 11.8 Å². The lowest BCUT2D eigenvalue weighted by Gasteiger charge is -2.18. The molecule has 0 aliphatic rings. The maximum absolute atomic E-state index is 12.0. The molecule has 0 aliphatic carbocycles. The Morgan fingerprint density at radius 2 is 1.71 bits per heavy atom. The topological polar surface area (TPSA) is 86.9 Å². The highest BCUT2D eigenvalue weighted by atomic mass is 32.2. The van der Waals surface area contributed by atoms with Crippen LogP contribution in [0.2, 0.25) is 0 Å². The van der Waals surface area contributed by atoms with Crippen LogP contribution in [-0.4, -0.2) is 61.2 Å². The van der Waals surface area contributed by atoms with Gasteiger partial charge in [0, 0.05) is 30.8 Å². The standard InChI is InChI=1S/C19H27N3O5S/c1-6-22(7-2)16(23)9-8-10-28-19-21-20-18(27-19)13-11-14(24-3)17(26-5)15(12-13)25-4/h11-12H,6-10H2,1-5H3. The monoisotopic (exact) mass is 409 g/mol. The molecule has 0 aliphatic heterocycles. The van der Waals surface area contributed by atoms with Crippen molar-refractivity contribution in [3.63, 3.8) is 0 Å². The van der Waals surface area contributed by atoms with Crippen LogP contribution >= 0.6 is 11.8 Å². The first-order chi connectivity index (χ1) is 13.6. The molecule has 0 atom stereocenters. The second-order valence-electron chi connectivity index (χ2n) is 5.81. The third kappa shape index (κ3) is 5.31. The number of ether oxygens (including phenoxy) is 3. The van der Waals surface area contributed by atoms with Gasteiger partial charge in [-0.3, -0.25) is 4.79 Å². The molecule has 0 unspecified atom stereocenters. The molecule has 1 amide bonds. The van der Waals surface area contributed by atoms with Gasteiger partial charge in [-0.1, -0.05) is 11.8 Å². The molecule has 0 fully saturated rings. The number of amides is 1. The second kappa shape index (κ2) is 10.8. The Morgan fingerprint density at radius 1 is 1.07 bits per heavy atom. The molecular weight excluding hydrogens is 382 g/mol. The largest absolute Gasteiger partial charge is 0.493 e. The predicted molar refractivity (Wildman–Crippen MR) is 107 cm³/mol. The summed E-state index contributed by atoms with van der Waals surface area (Å²) in [5, 5.41) is 8.62. The molecule has 0 N–H and O–H groups in total. The summed E-state index contributed by atoms with van der Waals surface area (Å²) in [7, 11) is 4.65. The minimum atomic E-state index is 0.175. The van der Waals surface area contributed by atoms with Gasteiger partial charge in [-0.25, -0.2) is 0 Å². The highest BCUT2D eigenvalue weighted by Gasteiger charge is 2.18. The average Bonchev–Trinajstić information content (AvgIpc) is 3.19. The van der Waals surface area contributed by atoms with Gasteiger partial charge in [-0.15, -0.1) is 10.2 Å². The van der Waals surface area contributed by atoms with Crippen molar-refractivity contribution >= 4 is 17.7 Å². The molecular formula is C19H27N3O5S. The van der Waals surface area contributed by atoms with E-state index in [4.69, 9.17) is 18.6 Å². The number of hydrogen-bond acceptors (Lipinski definition) is 8. The quantitative estimate of drug-likeness (QED) is 0.412. The Balaban J connectivity index is 2.00. The van der Waals surface area contributed by atoms with E-state index >= 15 is 0 Å². The number of benzene rings is 1. The van der Waals surface area contributed by atoms with Crippen molar-refractivity contribution < 1.29 is 23.4 Å². The van der Waals surface area contributed by atoms with Gasteiger partial charge in [0.2, 0.25) is 17.5 Å². The van der Waals surface area contributed by atoms with E-state index in [0.29, 0.717) is 40.3 Å². The van der Waals surface area contributed by atoms with Crippen LogP contribution in [0.5, 0.6) is 17.2 Å². The highest BCUT2D eigenvalue weighted by Crippen LogP contribution is 2.41. The lowest BCUT2D eigenvalue weighted by Crippen LogP contribution is -2.30. The Bertz CT molecular complexity index is 752. The van der Waals surface area contributed by atoms with Crippen LogP contribution in [0.3, 0.4) is 0 Å². The zero-order valence-electron chi connectivity index (χ0n) is 17.0. The van der Waals surface area contributed by atoms with Crippen LogP contribution in [-0.2, 0) is 4.79 Å². The SMILES string of the molecule is CCN(CC)C(=O)CCCSc1nnc(-c2cc(OC)c(OC)c(OC)c2)o1. The summed E-state index contributed by atoms with van der Waals surface area (Å²) in [6.45, 7) is 5.45. The Labute approximate surface area is 169 Å². The summed E-state index contributed by atoms with van der Waals surface area (Å²) >= 11 is 1.43. The number of rotatable bonds is 11. The van der Waals surface area contributed by atoms with Gasteiger partial charge in [0.25, 0.3) is 5.22 Å². The van der Waals surface area contributed by atoms with E-state index < -0.39 is 0 Å². The normalized spacial score (nSPS) is 10.6. The van der Waals surface area contributed by atoms with Crippen LogP contribution in [0, 0.1) is 0 Å². The van der Waals surface area contributed by atoms with Gasteiger partial charge in [0.05, 0.1) is 21.3 Å². The fourth-order valence-electron chi connectivity index (χ4n) is 2.71. The van der Waals surface area contributed by atoms with E-state index in [9.17, 15) is 4.79 Å². The van der Waals surface area contributed by atoms with Gasteiger partial charge >= 0.3 is 0 Å². The molecule has 154 valence electrons. The number of hydrogen-bond donors (Lipinski definition) is 0. The molecule has 0 spiro atoms. The molecule has 0 saturated carbocycles. The van der Waals surface area contributed by atoms with Crippen molar-refractivity contribution in [3.8, 4) is 28.7 Å². The van der Waals surface area contributed by atoms with Crippen LogP contribution < -0.4 is 14.2 Å². The van der Waals surface area contributed by atoms with Gasteiger partial charge in [0.1, 0.15) is 0 Å². The number of carbonyl (C=O) groups is 1. The van der Waals surface area contributed by atoms with Crippen molar-refractivity contribution in [3.05, 3.63) is 12.1 Å². The van der Waals surface area contributed by atoms with Crippen LogP contribution in [0.4, 0.5) is 0 Å². The first kappa shape index (κ1) is 21.9. The minimum Gasteiger partial charge on any atom is -0.493 e. The first-order valence-electron chi connectivity index (χ1n) is 9.12. The van der Waals surface area contributed by atoms with Gasteiger partial charge in [-0.05, 0) is 32.4 Å². The third-order valence-corrected chi connectivity index (χ3v) is 5.10. The Hall–Kier alpha value is -2.42. The molecule has 28 heavy (non-hydrogen) atoms. The zero-order chi connectivity index (χ0) is 20.5. The molecule has 9 heteroatoms. The fraction of sp³-hybridized carbons (Fsp3) is 0.526. The minimum absolute atomic E-state index is 0.175. The maximum atomic E-state index is 12.0. The molecule has 1 heterocycles. The molecule has 2 rings (SSSR count). The van der Waals surface area contributed by atoms with E-state index in [0.717, 1.165) is 25.3 Å². The van der Waals surface area contributed by atoms with Crippen LogP contribution in [0.15, 0.2) is 21.8 Å². The van der Waals surface area contributed by atoms with E-state index in [-0.39, 0.29) is 5.91 Å². The number of aromatic nitrogens is 2. The summed E-state index contributed by atoms with van der Waals surface area (Å²) in [5.41, 5.74) is 0.672. The summed E-state index contributed by atoms with van der Waals surface area (Å²) < 4.78 is 21.8. The smallest absolute Gasteiger partial charge is 0.276 e. The highest BCUT2D eigenvalue weighted by molar-refractivity contribution is 7.99. The summed E-state index contributed by atoms with van der Waals surface area (Å²) in [5.74, 6) is 2.79. The average molecular weight is 410 g/mol. The van der Waals surface area contributed by atoms with Gasteiger partial charge in [0.15, 0.2) is 11.5 Å². The summed E-state index contributed by atoms with van der Waals surface area (Å²) in [6.07, 6.45) is 1.27. The first-order valence-corrected chi connectivity index (χ1v) is 10.1. The predicted octanol–water partition coefficient (Wildman–Crippen LogP) is 3.50. The molecule has 8 nitrogen and oxygen atoms in total. The summed E-state index contributed by atoms with van der Waals surface area (Å²) in [4.78, 5) is 13.8. The molecule has 2 aromatic rings. The second-order valence-corrected chi connectivity index (χ2v) is 6.85. The molecule has 1 aromatic heterocycles. The van der Waals surface area contributed by atoms with Gasteiger partial charge < -0.3 is 23.5 Å². The van der Waals surface area contributed by atoms with E-state index in [1.807, 2.05) is 18.7 Å². The Morgan fingerprint density at radius 3 is 2.25 bits per heavy atom. The van der Waals surface area contributed by atoms with Crippen molar-refractivity contribution in [2.45, 2.75) is 31.9 Å². The summed E-state index contributed by atoms with van der Waals surface area (Å²) in [6, 6.07) is 3.51. The number of methoxy groups -OCH3 is 3. The Kier molecular flexibility index (Phi) is 8.43. The molecule has 0 bridgehead atoms. The lowest BCUT2D eigenvalue weighted by molar-refractivity contribution is -0.130. The number of nitrogens with zero attached hydrogens (tertiary/aromatic N) is 3. The van der Waals surface area contributed by atoms with Gasteiger partial charge in [-0.2, -0.15) is 0 Å². The van der Waals surface area contributed by atoms with E-state index in [1.54, 1.807) is 33.5 Å². The zero-order valence-corrected chi connectivity index (χ0v) is 17.8. The van der Waals surface area contributed by atoms with Crippen LogP contribution in [0.25, 0.3) is 11.5 Å². The number of carbonyl (C=O) groups excluding carboxylic acids is 1.